The minimum Gasteiger partial charge on any atom is -0.487 e. The van der Waals surface area contributed by atoms with E-state index in [1.165, 1.54) is 12.1 Å². The number of ether oxygens (including phenoxy) is 2. The Hall–Kier alpha value is -1.13. The summed E-state index contributed by atoms with van der Waals surface area (Å²) in [6, 6.07) is 4.97. The maximum atomic E-state index is 13.5. The zero-order valence-electron chi connectivity index (χ0n) is 13.6. The molecule has 0 aliphatic carbocycles. The lowest BCUT2D eigenvalue weighted by atomic mass is 9.81. The second-order valence-corrected chi connectivity index (χ2v) is 6.69. The first-order chi connectivity index (χ1) is 9.78. The fourth-order valence-electron chi connectivity index (χ4n) is 3.24. The summed E-state index contributed by atoms with van der Waals surface area (Å²) in [4.78, 5) is 0. The van der Waals surface area contributed by atoms with Crippen molar-refractivity contribution in [2.24, 2.45) is 0 Å². The lowest BCUT2D eigenvalue weighted by Gasteiger charge is -2.43. The molecule has 0 amide bonds. The minimum atomic E-state index is -0.382. The van der Waals surface area contributed by atoms with Gasteiger partial charge in [-0.1, -0.05) is 13.0 Å². The van der Waals surface area contributed by atoms with Crippen LogP contribution in [0.15, 0.2) is 18.2 Å². The van der Waals surface area contributed by atoms with E-state index in [1.807, 2.05) is 19.9 Å². The summed E-state index contributed by atoms with van der Waals surface area (Å²) in [6.07, 6.45) is 1.58. The molecule has 0 saturated heterocycles. The molecule has 0 saturated carbocycles. The van der Waals surface area contributed by atoms with Gasteiger partial charge >= 0.3 is 0 Å². The van der Waals surface area contributed by atoms with Crippen molar-refractivity contribution in [2.75, 3.05) is 13.7 Å². The summed E-state index contributed by atoms with van der Waals surface area (Å²) in [5.41, 5.74) is 0.370. The number of fused-ring (bicyclic) bond motifs is 1. The van der Waals surface area contributed by atoms with Gasteiger partial charge in [0.1, 0.15) is 17.2 Å². The number of hydrogen-bond donors (Lipinski definition) is 1. The molecule has 0 aromatic heterocycles. The molecule has 0 radical (unpaired) electrons. The normalized spacial score (nSPS) is 25.3. The zero-order valence-corrected chi connectivity index (χ0v) is 13.6. The molecule has 118 valence electrons. The van der Waals surface area contributed by atoms with Crippen LogP contribution in [0.25, 0.3) is 0 Å². The summed E-state index contributed by atoms with van der Waals surface area (Å²) >= 11 is 0. The number of rotatable bonds is 5. The second kappa shape index (κ2) is 5.93. The first kappa shape index (κ1) is 16.2. The Kier molecular flexibility index (Phi) is 4.59. The fourth-order valence-corrected chi connectivity index (χ4v) is 3.24. The highest BCUT2D eigenvalue weighted by atomic mass is 19.1. The van der Waals surface area contributed by atoms with Crippen LogP contribution in [0.4, 0.5) is 4.39 Å². The van der Waals surface area contributed by atoms with Crippen molar-refractivity contribution in [1.82, 2.24) is 5.32 Å². The molecule has 0 spiro atoms. The molecule has 1 aromatic rings. The number of nitrogens with one attached hydrogen (secondary N) is 1. The monoisotopic (exact) mass is 295 g/mol. The molecule has 1 aliphatic rings. The van der Waals surface area contributed by atoms with E-state index in [4.69, 9.17) is 9.47 Å². The smallest absolute Gasteiger partial charge is 0.127 e. The Balaban J connectivity index is 2.32. The van der Waals surface area contributed by atoms with Crippen LogP contribution in [-0.4, -0.2) is 24.9 Å². The van der Waals surface area contributed by atoms with E-state index >= 15 is 0 Å². The number of hydrogen-bond acceptors (Lipinski definition) is 3. The largest absolute Gasteiger partial charge is 0.487 e. The van der Waals surface area contributed by atoms with Crippen LogP contribution in [0, 0.1) is 5.82 Å². The third-order valence-corrected chi connectivity index (χ3v) is 4.15. The zero-order chi connectivity index (χ0) is 15.7. The van der Waals surface area contributed by atoms with Gasteiger partial charge in [-0.2, -0.15) is 0 Å². The average molecular weight is 295 g/mol. The van der Waals surface area contributed by atoms with E-state index in [9.17, 15) is 4.39 Å². The summed E-state index contributed by atoms with van der Waals surface area (Å²) in [5.74, 6) is 0.376. The maximum absolute atomic E-state index is 13.5. The van der Waals surface area contributed by atoms with Crippen molar-refractivity contribution in [3.8, 4) is 5.75 Å². The van der Waals surface area contributed by atoms with E-state index in [0.29, 0.717) is 5.75 Å². The molecule has 2 rings (SSSR count). The molecule has 3 nitrogen and oxygen atoms in total. The third-order valence-electron chi connectivity index (χ3n) is 4.15. The van der Waals surface area contributed by atoms with Gasteiger partial charge in [0.2, 0.25) is 0 Å². The van der Waals surface area contributed by atoms with Gasteiger partial charge in [0.15, 0.2) is 0 Å². The first-order valence-corrected chi connectivity index (χ1v) is 7.55. The Morgan fingerprint density at radius 2 is 2.19 bits per heavy atom. The van der Waals surface area contributed by atoms with Gasteiger partial charge < -0.3 is 14.8 Å². The van der Waals surface area contributed by atoms with Gasteiger partial charge in [0.25, 0.3) is 0 Å². The highest BCUT2D eigenvalue weighted by molar-refractivity contribution is 5.39. The van der Waals surface area contributed by atoms with Crippen LogP contribution in [-0.2, 0) is 4.74 Å². The molecule has 0 bridgehead atoms. The second-order valence-electron chi connectivity index (χ2n) is 6.69. The maximum Gasteiger partial charge on any atom is 0.127 e. The minimum absolute atomic E-state index is 0.178. The molecule has 2 unspecified atom stereocenters. The first-order valence-electron chi connectivity index (χ1n) is 7.55. The predicted molar refractivity (Wildman–Crippen MR) is 82.2 cm³/mol. The highest BCUT2D eigenvalue weighted by Gasteiger charge is 2.41. The summed E-state index contributed by atoms with van der Waals surface area (Å²) in [5, 5.41) is 3.48. The van der Waals surface area contributed by atoms with E-state index in [-0.39, 0.29) is 23.1 Å². The van der Waals surface area contributed by atoms with Crippen molar-refractivity contribution in [3.63, 3.8) is 0 Å². The standard InChI is InChI=1S/C17H26FNO2/c1-6-19-14-10-17(4,11-16(2,3)20-5)21-15-9-12(18)7-8-13(14)15/h7-9,14,19H,6,10-11H2,1-5H3. The lowest BCUT2D eigenvalue weighted by molar-refractivity contribution is -0.0597. The van der Waals surface area contributed by atoms with E-state index in [0.717, 1.165) is 24.9 Å². The summed E-state index contributed by atoms with van der Waals surface area (Å²) in [7, 11) is 1.71. The quantitative estimate of drug-likeness (QED) is 0.895. The molecular formula is C17H26FNO2. The van der Waals surface area contributed by atoms with Gasteiger partial charge in [0, 0.05) is 37.6 Å². The topological polar surface area (TPSA) is 30.5 Å². The lowest BCUT2D eigenvalue weighted by Crippen LogP contribution is -2.46. The molecule has 21 heavy (non-hydrogen) atoms. The van der Waals surface area contributed by atoms with Crippen LogP contribution in [0.5, 0.6) is 5.75 Å². The molecule has 2 atom stereocenters. The van der Waals surface area contributed by atoms with E-state index < -0.39 is 0 Å². The van der Waals surface area contributed by atoms with Crippen molar-refractivity contribution in [3.05, 3.63) is 29.6 Å². The molecule has 1 aromatic carbocycles. The van der Waals surface area contributed by atoms with Crippen molar-refractivity contribution >= 4 is 0 Å². The van der Waals surface area contributed by atoms with Crippen molar-refractivity contribution in [2.45, 2.75) is 57.8 Å². The van der Waals surface area contributed by atoms with Gasteiger partial charge in [-0.3, -0.25) is 0 Å². The van der Waals surface area contributed by atoms with Crippen molar-refractivity contribution < 1.29 is 13.9 Å². The molecular weight excluding hydrogens is 269 g/mol. The number of methoxy groups -OCH3 is 1. The van der Waals surface area contributed by atoms with Gasteiger partial charge in [-0.05, 0) is 33.4 Å². The van der Waals surface area contributed by atoms with E-state index in [1.54, 1.807) is 7.11 Å². The van der Waals surface area contributed by atoms with Crippen molar-refractivity contribution in [1.29, 1.82) is 0 Å². The molecule has 0 fully saturated rings. The van der Waals surface area contributed by atoms with Gasteiger partial charge in [0.05, 0.1) is 5.60 Å². The van der Waals surface area contributed by atoms with Crippen LogP contribution in [0.2, 0.25) is 0 Å². The Bertz CT molecular complexity index is 504. The highest BCUT2D eigenvalue weighted by Crippen LogP contribution is 2.43. The van der Waals surface area contributed by atoms with Gasteiger partial charge in [-0.15, -0.1) is 0 Å². The third kappa shape index (κ3) is 3.74. The average Bonchev–Trinajstić information content (AvgIpc) is 2.37. The fraction of sp³-hybridized carbons (Fsp3) is 0.647. The predicted octanol–water partition coefficient (Wildman–Crippen LogP) is 3.83. The van der Waals surface area contributed by atoms with Crippen LogP contribution < -0.4 is 10.1 Å². The molecule has 1 aliphatic heterocycles. The van der Waals surface area contributed by atoms with Crippen LogP contribution in [0.1, 0.15) is 52.1 Å². The number of benzene rings is 1. The Morgan fingerprint density at radius 3 is 2.81 bits per heavy atom. The van der Waals surface area contributed by atoms with Crippen LogP contribution >= 0.6 is 0 Å². The molecule has 4 heteroatoms. The SMILES string of the molecule is CCNC1CC(C)(CC(C)(C)OC)Oc2cc(F)ccc21. The summed E-state index contributed by atoms with van der Waals surface area (Å²) in [6.45, 7) is 9.11. The Labute approximate surface area is 126 Å². The summed E-state index contributed by atoms with van der Waals surface area (Å²) < 4.78 is 25.2. The van der Waals surface area contributed by atoms with E-state index in [2.05, 4.69) is 19.2 Å². The Morgan fingerprint density at radius 1 is 1.48 bits per heavy atom. The van der Waals surface area contributed by atoms with Crippen LogP contribution in [0.3, 0.4) is 0 Å². The molecule has 1 heterocycles. The molecule has 1 N–H and O–H groups in total. The number of halogens is 1. The van der Waals surface area contributed by atoms with Gasteiger partial charge in [-0.25, -0.2) is 4.39 Å².